The second-order valence-electron chi connectivity index (χ2n) is 4.18. The molecular weight excluding hydrogens is 280 g/mol. The summed E-state index contributed by atoms with van der Waals surface area (Å²) in [6.07, 6.45) is 0. The molecule has 0 aliphatic rings. The highest BCUT2D eigenvalue weighted by Gasteiger charge is 2.20. The molecule has 108 valence electrons. The second-order valence-corrected chi connectivity index (χ2v) is 4.18. The highest BCUT2D eigenvalue weighted by atomic mass is 16.6. The summed E-state index contributed by atoms with van der Waals surface area (Å²) < 4.78 is 0. The van der Waals surface area contributed by atoms with Crippen LogP contribution in [-0.2, 0) is 0 Å². The summed E-state index contributed by atoms with van der Waals surface area (Å²) in [6.45, 7) is 1.70. The van der Waals surface area contributed by atoms with Crippen molar-refractivity contribution in [2.45, 2.75) is 6.92 Å². The van der Waals surface area contributed by atoms with Crippen molar-refractivity contribution in [2.24, 2.45) is 0 Å². The molecule has 1 aromatic carbocycles. The Morgan fingerprint density at radius 1 is 1.38 bits per heavy atom. The Balaban J connectivity index is 2.33. The van der Waals surface area contributed by atoms with Crippen molar-refractivity contribution in [1.29, 1.82) is 0 Å². The number of carboxylic acid groups (broad SMARTS) is 1. The summed E-state index contributed by atoms with van der Waals surface area (Å²) in [5.41, 5.74) is -0.110. The number of nitro groups is 1. The largest absolute Gasteiger partial charge is 0.478 e. The van der Waals surface area contributed by atoms with E-state index in [1.54, 1.807) is 6.92 Å². The van der Waals surface area contributed by atoms with Crippen LogP contribution < -0.4 is 5.32 Å². The Morgan fingerprint density at radius 3 is 2.62 bits per heavy atom. The average Bonchev–Trinajstić information content (AvgIpc) is 2.85. The van der Waals surface area contributed by atoms with E-state index in [0.29, 0.717) is 5.69 Å². The molecule has 21 heavy (non-hydrogen) atoms. The van der Waals surface area contributed by atoms with Gasteiger partial charge in [-0.3, -0.25) is 20.0 Å². The number of hydrogen-bond acceptors (Lipinski definition) is 5. The zero-order valence-electron chi connectivity index (χ0n) is 10.8. The molecule has 0 radical (unpaired) electrons. The van der Waals surface area contributed by atoms with E-state index in [1.165, 1.54) is 18.2 Å². The van der Waals surface area contributed by atoms with Crippen LogP contribution >= 0.6 is 0 Å². The third-order valence-corrected chi connectivity index (χ3v) is 2.63. The summed E-state index contributed by atoms with van der Waals surface area (Å²) >= 11 is 0. The minimum Gasteiger partial charge on any atom is -0.478 e. The van der Waals surface area contributed by atoms with Crippen molar-refractivity contribution in [2.75, 3.05) is 5.32 Å². The van der Waals surface area contributed by atoms with Crippen LogP contribution in [0, 0.1) is 17.0 Å². The lowest BCUT2D eigenvalue weighted by Crippen LogP contribution is -2.14. The first kappa shape index (κ1) is 14.2. The number of carboxylic acids is 1. The van der Waals surface area contributed by atoms with Crippen molar-refractivity contribution >= 4 is 23.3 Å². The highest BCUT2D eigenvalue weighted by molar-refractivity contribution is 6.04. The monoisotopic (exact) mass is 290 g/mol. The van der Waals surface area contributed by atoms with Crippen molar-refractivity contribution in [3.05, 3.63) is 51.3 Å². The number of anilines is 1. The fourth-order valence-electron chi connectivity index (χ4n) is 1.64. The van der Waals surface area contributed by atoms with Gasteiger partial charge in [-0.15, -0.1) is 0 Å². The maximum atomic E-state index is 11.9. The first-order valence-corrected chi connectivity index (χ1v) is 5.73. The number of H-pyrrole nitrogens is 1. The lowest BCUT2D eigenvalue weighted by molar-refractivity contribution is -0.383. The Bertz CT molecular complexity index is 737. The molecule has 0 saturated heterocycles. The number of nitrogens with one attached hydrogen (secondary N) is 2. The molecule has 1 aromatic heterocycles. The summed E-state index contributed by atoms with van der Waals surface area (Å²) in [7, 11) is 0. The van der Waals surface area contributed by atoms with Crippen LogP contribution in [0.2, 0.25) is 0 Å². The van der Waals surface area contributed by atoms with Gasteiger partial charge in [-0.2, -0.15) is 5.10 Å². The lowest BCUT2D eigenvalue weighted by atomic mass is 10.1. The van der Waals surface area contributed by atoms with Crippen LogP contribution in [-0.4, -0.2) is 32.1 Å². The molecule has 9 heteroatoms. The maximum Gasteiger partial charge on any atom is 0.335 e. The molecule has 0 aliphatic heterocycles. The van der Waals surface area contributed by atoms with Gasteiger partial charge in [0.25, 0.3) is 11.6 Å². The van der Waals surface area contributed by atoms with Crippen LogP contribution in [0.25, 0.3) is 0 Å². The number of amides is 1. The van der Waals surface area contributed by atoms with Crippen molar-refractivity contribution < 1.29 is 19.6 Å². The number of rotatable bonds is 4. The Morgan fingerprint density at radius 2 is 2.10 bits per heavy atom. The van der Waals surface area contributed by atoms with Gasteiger partial charge < -0.3 is 10.4 Å². The van der Waals surface area contributed by atoms with Crippen LogP contribution in [0.5, 0.6) is 0 Å². The SMILES string of the molecule is Cc1cc(C(=O)Nc2ccc(C(=O)O)cc2[N+](=O)[O-])n[nH]1. The van der Waals surface area contributed by atoms with E-state index < -0.39 is 22.5 Å². The van der Waals surface area contributed by atoms with Gasteiger partial charge in [0.05, 0.1) is 10.5 Å². The van der Waals surface area contributed by atoms with E-state index in [9.17, 15) is 19.7 Å². The van der Waals surface area contributed by atoms with Gasteiger partial charge >= 0.3 is 5.97 Å². The molecule has 0 bridgehead atoms. The molecule has 0 atom stereocenters. The minimum atomic E-state index is -1.29. The highest BCUT2D eigenvalue weighted by Crippen LogP contribution is 2.26. The van der Waals surface area contributed by atoms with Crippen molar-refractivity contribution in [3.8, 4) is 0 Å². The van der Waals surface area contributed by atoms with E-state index in [-0.39, 0.29) is 16.9 Å². The van der Waals surface area contributed by atoms with E-state index >= 15 is 0 Å². The van der Waals surface area contributed by atoms with Crippen molar-refractivity contribution in [1.82, 2.24) is 10.2 Å². The molecule has 0 spiro atoms. The van der Waals surface area contributed by atoms with E-state index in [0.717, 1.165) is 6.07 Å². The van der Waals surface area contributed by atoms with Gasteiger partial charge in [-0.25, -0.2) is 4.79 Å². The van der Waals surface area contributed by atoms with Gasteiger partial charge in [0.15, 0.2) is 5.69 Å². The third kappa shape index (κ3) is 3.03. The molecule has 0 unspecified atom stereocenters. The predicted octanol–water partition coefficient (Wildman–Crippen LogP) is 1.58. The summed E-state index contributed by atoms with van der Waals surface area (Å²) in [5.74, 6) is -1.93. The number of benzene rings is 1. The normalized spacial score (nSPS) is 10.1. The van der Waals surface area contributed by atoms with Gasteiger partial charge in [0, 0.05) is 11.8 Å². The minimum absolute atomic E-state index is 0.0732. The molecule has 0 saturated carbocycles. The quantitative estimate of drug-likeness (QED) is 0.577. The third-order valence-electron chi connectivity index (χ3n) is 2.63. The fourth-order valence-corrected chi connectivity index (χ4v) is 1.64. The first-order chi connectivity index (χ1) is 9.88. The number of aromatic amines is 1. The topological polar surface area (TPSA) is 138 Å². The zero-order chi connectivity index (χ0) is 15.6. The Hall–Kier alpha value is -3.23. The standard InChI is InChI=1S/C12H10N4O5/c1-6-4-9(15-14-6)11(17)13-8-3-2-7(12(18)19)5-10(8)16(20)21/h2-5H,1H3,(H,13,17)(H,14,15)(H,18,19). The molecule has 0 aliphatic carbocycles. The Kier molecular flexibility index (Phi) is 3.65. The predicted molar refractivity (Wildman–Crippen MR) is 71.3 cm³/mol. The molecular formula is C12H10N4O5. The summed E-state index contributed by atoms with van der Waals surface area (Å²) in [4.78, 5) is 32.9. The Labute approximate surface area is 117 Å². The molecule has 1 amide bonds. The number of aryl methyl sites for hydroxylation is 1. The number of carbonyl (C=O) groups excluding carboxylic acids is 1. The van der Waals surface area contributed by atoms with E-state index in [4.69, 9.17) is 5.11 Å². The number of nitro benzene ring substituents is 1. The molecule has 1 heterocycles. The van der Waals surface area contributed by atoms with Gasteiger partial charge in [0.2, 0.25) is 0 Å². The first-order valence-electron chi connectivity index (χ1n) is 5.73. The molecule has 0 fully saturated rings. The van der Waals surface area contributed by atoms with Gasteiger partial charge in [0.1, 0.15) is 5.69 Å². The summed E-state index contributed by atoms with van der Waals surface area (Å²) in [5, 5.41) is 28.4. The van der Waals surface area contributed by atoms with Crippen LogP contribution in [0.1, 0.15) is 26.5 Å². The van der Waals surface area contributed by atoms with E-state index in [1.807, 2.05) is 0 Å². The van der Waals surface area contributed by atoms with Crippen molar-refractivity contribution in [3.63, 3.8) is 0 Å². The molecule has 2 rings (SSSR count). The van der Waals surface area contributed by atoms with Gasteiger partial charge in [-0.1, -0.05) is 0 Å². The number of hydrogen-bond donors (Lipinski definition) is 3. The molecule has 2 aromatic rings. The number of nitrogens with zero attached hydrogens (tertiary/aromatic N) is 2. The molecule has 9 nitrogen and oxygen atoms in total. The number of aromatic carboxylic acids is 1. The maximum absolute atomic E-state index is 11.9. The van der Waals surface area contributed by atoms with Crippen LogP contribution in [0.15, 0.2) is 24.3 Å². The van der Waals surface area contributed by atoms with Crippen LogP contribution in [0.3, 0.4) is 0 Å². The zero-order valence-corrected chi connectivity index (χ0v) is 10.8. The lowest BCUT2D eigenvalue weighted by Gasteiger charge is -2.05. The fraction of sp³-hybridized carbons (Fsp3) is 0.0833. The average molecular weight is 290 g/mol. The molecule has 3 N–H and O–H groups in total. The number of carbonyl (C=O) groups is 2. The van der Waals surface area contributed by atoms with E-state index in [2.05, 4.69) is 15.5 Å². The van der Waals surface area contributed by atoms with Gasteiger partial charge in [-0.05, 0) is 25.1 Å². The number of aromatic nitrogens is 2. The van der Waals surface area contributed by atoms with Crippen LogP contribution in [0.4, 0.5) is 11.4 Å². The summed E-state index contributed by atoms with van der Waals surface area (Å²) in [6, 6.07) is 4.69. The smallest absolute Gasteiger partial charge is 0.335 e. The second kappa shape index (κ2) is 5.41.